The highest BCUT2D eigenvalue weighted by molar-refractivity contribution is 6.29. The van der Waals surface area contributed by atoms with Gasteiger partial charge in [0.05, 0.1) is 0 Å². The zero-order chi connectivity index (χ0) is 13.3. The molecule has 5 nitrogen and oxygen atoms in total. The second-order valence-corrected chi connectivity index (χ2v) is 5.22. The maximum atomic E-state index is 11.8. The Kier molecular flexibility index (Phi) is 3.71. The Morgan fingerprint density at radius 2 is 2.22 bits per heavy atom. The van der Waals surface area contributed by atoms with Crippen LogP contribution >= 0.6 is 11.6 Å². The van der Waals surface area contributed by atoms with Crippen molar-refractivity contribution in [1.29, 1.82) is 0 Å². The topological polar surface area (TPSA) is 58.1 Å². The average molecular weight is 269 g/mol. The zero-order valence-electron chi connectivity index (χ0n) is 10.8. The molecule has 0 radical (unpaired) electrons. The van der Waals surface area contributed by atoms with Gasteiger partial charge in [-0.25, -0.2) is 9.97 Å². The number of carbonyl (C=O) groups excluding carboxylic acids is 1. The van der Waals surface area contributed by atoms with Crippen LogP contribution in [0.3, 0.4) is 0 Å². The first-order chi connectivity index (χ1) is 8.47. The van der Waals surface area contributed by atoms with E-state index in [0.717, 1.165) is 13.0 Å². The van der Waals surface area contributed by atoms with Crippen molar-refractivity contribution >= 4 is 23.3 Å². The van der Waals surface area contributed by atoms with E-state index in [0.29, 0.717) is 16.8 Å². The van der Waals surface area contributed by atoms with Gasteiger partial charge in [0.15, 0.2) is 0 Å². The summed E-state index contributed by atoms with van der Waals surface area (Å²) in [7, 11) is 1.80. The quantitative estimate of drug-likeness (QED) is 0.851. The molecule has 2 heterocycles. The molecule has 1 unspecified atom stereocenters. The van der Waals surface area contributed by atoms with Crippen LogP contribution in [0.4, 0.5) is 5.82 Å². The van der Waals surface area contributed by atoms with E-state index >= 15 is 0 Å². The summed E-state index contributed by atoms with van der Waals surface area (Å²) >= 11 is 5.96. The number of nitrogens with one attached hydrogen (secondary N) is 1. The van der Waals surface area contributed by atoms with Crippen LogP contribution in [0.15, 0.2) is 6.07 Å². The number of halogens is 1. The lowest BCUT2D eigenvalue weighted by Crippen LogP contribution is -2.31. The summed E-state index contributed by atoms with van der Waals surface area (Å²) in [5.74, 6) is 1.60. The molecule has 98 valence electrons. The molecule has 1 aliphatic heterocycles. The number of anilines is 1. The Balaban J connectivity index is 2.17. The van der Waals surface area contributed by atoms with Crippen LogP contribution < -0.4 is 5.32 Å². The number of aromatic nitrogens is 2. The lowest BCUT2D eigenvalue weighted by atomic mass is 10.2. The summed E-state index contributed by atoms with van der Waals surface area (Å²) in [6.07, 6.45) is 0.786. The van der Waals surface area contributed by atoms with Crippen LogP contribution in [-0.2, 0) is 4.79 Å². The summed E-state index contributed by atoms with van der Waals surface area (Å²) in [4.78, 5) is 22.1. The van der Waals surface area contributed by atoms with Crippen molar-refractivity contribution in [2.24, 2.45) is 0 Å². The Morgan fingerprint density at radius 3 is 2.78 bits per heavy atom. The van der Waals surface area contributed by atoms with Crippen molar-refractivity contribution in [1.82, 2.24) is 14.9 Å². The molecule has 0 aliphatic carbocycles. The predicted molar refractivity (Wildman–Crippen MR) is 70.8 cm³/mol. The van der Waals surface area contributed by atoms with Crippen LogP contribution in [0.5, 0.6) is 0 Å². The van der Waals surface area contributed by atoms with Crippen LogP contribution in [0.1, 0.15) is 32.0 Å². The van der Waals surface area contributed by atoms with Gasteiger partial charge in [-0.05, 0) is 6.42 Å². The molecule has 1 N–H and O–H groups in total. The summed E-state index contributed by atoms with van der Waals surface area (Å²) < 4.78 is 0. The van der Waals surface area contributed by atoms with Gasteiger partial charge in [0.1, 0.15) is 22.8 Å². The number of likely N-dealkylation sites (N-methyl/N-ethyl adjacent to an activating group) is 1. The Bertz CT molecular complexity index is 463. The Labute approximate surface area is 112 Å². The van der Waals surface area contributed by atoms with Crippen LogP contribution in [0.2, 0.25) is 5.15 Å². The van der Waals surface area contributed by atoms with Crippen molar-refractivity contribution in [2.75, 3.05) is 18.9 Å². The highest BCUT2D eigenvalue weighted by Crippen LogP contribution is 2.19. The van der Waals surface area contributed by atoms with Crippen LogP contribution in [0.25, 0.3) is 0 Å². The Hall–Kier alpha value is -1.36. The SMILES string of the molecule is CC(C)c1nc(Cl)cc(NC2CCN(C)C2=O)n1. The lowest BCUT2D eigenvalue weighted by molar-refractivity contribution is -0.127. The van der Waals surface area contributed by atoms with E-state index in [1.807, 2.05) is 13.8 Å². The predicted octanol–water partition coefficient (Wildman–Crippen LogP) is 1.90. The average Bonchev–Trinajstić information content (AvgIpc) is 2.60. The minimum Gasteiger partial charge on any atom is -0.358 e. The van der Waals surface area contributed by atoms with E-state index < -0.39 is 0 Å². The number of nitrogens with zero attached hydrogens (tertiary/aromatic N) is 3. The number of hydrogen-bond donors (Lipinski definition) is 1. The molecule has 1 aromatic heterocycles. The first-order valence-corrected chi connectivity index (χ1v) is 6.41. The van der Waals surface area contributed by atoms with Crippen molar-refractivity contribution in [3.63, 3.8) is 0 Å². The van der Waals surface area contributed by atoms with Crippen molar-refractivity contribution in [2.45, 2.75) is 32.2 Å². The largest absolute Gasteiger partial charge is 0.358 e. The third-order valence-corrected chi connectivity index (χ3v) is 3.17. The second kappa shape index (κ2) is 5.10. The first-order valence-electron chi connectivity index (χ1n) is 6.03. The monoisotopic (exact) mass is 268 g/mol. The van der Waals surface area contributed by atoms with E-state index in [9.17, 15) is 4.79 Å². The van der Waals surface area contributed by atoms with Gasteiger partial charge in [0, 0.05) is 25.6 Å². The van der Waals surface area contributed by atoms with E-state index in [-0.39, 0.29) is 17.9 Å². The minimum atomic E-state index is -0.207. The maximum absolute atomic E-state index is 11.8. The van der Waals surface area contributed by atoms with Gasteiger partial charge in [-0.2, -0.15) is 0 Å². The second-order valence-electron chi connectivity index (χ2n) is 4.83. The normalized spacial score (nSPS) is 19.7. The van der Waals surface area contributed by atoms with E-state index in [2.05, 4.69) is 15.3 Å². The maximum Gasteiger partial charge on any atom is 0.244 e. The molecular formula is C12H17ClN4O. The van der Waals surface area contributed by atoms with Gasteiger partial charge in [-0.1, -0.05) is 25.4 Å². The molecule has 18 heavy (non-hydrogen) atoms. The van der Waals surface area contributed by atoms with Gasteiger partial charge >= 0.3 is 0 Å². The summed E-state index contributed by atoms with van der Waals surface area (Å²) in [6.45, 7) is 4.78. The fourth-order valence-electron chi connectivity index (χ4n) is 1.90. The molecule has 1 atom stereocenters. The number of carbonyl (C=O) groups is 1. The highest BCUT2D eigenvalue weighted by Gasteiger charge is 2.29. The molecule has 1 fully saturated rings. The molecule has 0 saturated carbocycles. The van der Waals surface area contributed by atoms with Crippen LogP contribution in [0, 0.1) is 0 Å². The van der Waals surface area contributed by atoms with Gasteiger partial charge in [0.2, 0.25) is 5.91 Å². The third-order valence-electron chi connectivity index (χ3n) is 2.98. The molecule has 0 bridgehead atoms. The van der Waals surface area contributed by atoms with Gasteiger partial charge in [-0.3, -0.25) is 4.79 Å². The van der Waals surface area contributed by atoms with Gasteiger partial charge < -0.3 is 10.2 Å². The fraction of sp³-hybridized carbons (Fsp3) is 0.583. The molecule has 1 aliphatic rings. The van der Waals surface area contributed by atoms with E-state index in [1.54, 1.807) is 18.0 Å². The molecule has 2 rings (SSSR count). The Morgan fingerprint density at radius 1 is 1.50 bits per heavy atom. The van der Waals surface area contributed by atoms with Crippen molar-refractivity contribution in [3.8, 4) is 0 Å². The van der Waals surface area contributed by atoms with Gasteiger partial charge in [-0.15, -0.1) is 0 Å². The minimum absolute atomic E-state index is 0.0934. The van der Waals surface area contributed by atoms with Crippen molar-refractivity contribution in [3.05, 3.63) is 17.0 Å². The number of hydrogen-bond acceptors (Lipinski definition) is 4. The van der Waals surface area contributed by atoms with E-state index in [1.165, 1.54) is 0 Å². The third kappa shape index (κ3) is 2.72. The molecule has 1 amide bonds. The number of rotatable bonds is 3. The summed E-state index contributed by atoms with van der Waals surface area (Å²) in [5.41, 5.74) is 0. The standard InChI is InChI=1S/C12H17ClN4O/c1-7(2)11-15-9(13)6-10(16-11)14-8-4-5-17(3)12(8)18/h6-8H,4-5H2,1-3H3,(H,14,15,16). The fourth-order valence-corrected chi connectivity index (χ4v) is 2.09. The molecule has 1 aromatic rings. The molecule has 0 aromatic carbocycles. The zero-order valence-corrected chi connectivity index (χ0v) is 11.5. The van der Waals surface area contributed by atoms with Gasteiger partial charge in [0.25, 0.3) is 0 Å². The highest BCUT2D eigenvalue weighted by atomic mass is 35.5. The lowest BCUT2D eigenvalue weighted by Gasteiger charge is -2.14. The first kappa shape index (κ1) is 13.1. The smallest absolute Gasteiger partial charge is 0.244 e. The molecule has 0 spiro atoms. The van der Waals surface area contributed by atoms with Crippen LogP contribution in [-0.4, -0.2) is 40.4 Å². The van der Waals surface area contributed by atoms with E-state index in [4.69, 9.17) is 11.6 Å². The molecule has 1 saturated heterocycles. The number of likely N-dealkylation sites (tertiary alicyclic amines) is 1. The van der Waals surface area contributed by atoms with Crippen molar-refractivity contribution < 1.29 is 4.79 Å². The summed E-state index contributed by atoms with van der Waals surface area (Å²) in [5, 5.41) is 3.53. The molecule has 6 heteroatoms. The molecular weight excluding hydrogens is 252 g/mol. The summed E-state index contributed by atoms with van der Waals surface area (Å²) in [6, 6.07) is 1.44. The number of amides is 1.